The van der Waals surface area contributed by atoms with Crippen molar-refractivity contribution < 1.29 is 17.9 Å². The van der Waals surface area contributed by atoms with Gasteiger partial charge in [0.15, 0.2) is 0 Å². The van der Waals surface area contributed by atoms with Crippen molar-refractivity contribution in [3.63, 3.8) is 0 Å². The van der Waals surface area contributed by atoms with Crippen molar-refractivity contribution >= 4 is 16.0 Å². The monoisotopic (exact) mass is 535 g/mol. The van der Waals surface area contributed by atoms with Crippen LogP contribution in [0.3, 0.4) is 0 Å². The smallest absolute Gasteiger partial charge is 0.264 e. The largest absolute Gasteiger partial charge is 0.477 e. The van der Waals surface area contributed by atoms with Crippen molar-refractivity contribution in [2.24, 2.45) is 17.8 Å². The highest BCUT2D eigenvalue weighted by molar-refractivity contribution is 7.92. The lowest BCUT2D eigenvalue weighted by molar-refractivity contribution is -0.0207. The number of anilines is 1. The molecule has 8 heteroatoms. The molecule has 1 aliphatic heterocycles. The molecule has 2 aliphatic rings. The van der Waals surface area contributed by atoms with Gasteiger partial charge >= 0.3 is 0 Å². The standard InChI is InChI=1S/C30H37N3O4S/c1-18(2)12-23-17-37-27-16-26(28-19(3)8-6-9-20(28)4)31-30(32-27)33-38(34,35)25-11-7-10-21(15-25)29(23)22-13-24(14-22)36-5/h6-11,15-16,18,22-24,29H,12-14,17H2,1-5H3,(H,31,32,33)/t22?,23-,24?,29?/m1/s1. The molecule has 2 atom stereocenters. The molecule has 1 aromatic heterocycles. The number of aryl methyl sites for hydroxylation is 2. The zero-order valence-electron chi connectivity index (χ0n) is 22.8. The Morgan fingerprint density at radius 3 is 2.45 bits per heavy atom. The maximum atomic E-state index is 13.5. The van der Waals surface area contributed by atoms with E-state index in [-0.39, 0.29) is 28.8 Å². The molecule has 1 saturated carbocycles. The van der Waals surface area contributed by atoms with Crippen LogP contribution in [0.2, 0.25) is 0 Å². The Morgan fingerprint density at radius 2 is 1.76 bits per heavy atom. The Balaban J connectivity index is 1.63. The summed E-state index contributed by atoms with van der Waals surface area (Å²) < 4.78 is 41.7. The topological polar surface area (TPSA) is 90.4 Å². The minimum Gasteiger partial charge on any atom is -0.477 e. The molecule has 1 aliphatic carbocycles. The maximum absolute atomic E-state index is 13.5. The molecule has 1 N–H and O–H groups in total. The average Bonchev–Trinajstić information content (AvgIpc) is 2.83. The Labute approximate surface area is 226 Å². The van der Waals surface area contributed by atoms with Crippen LogP contribution in [-0.2, 0) is 14.8 Å². The van der Waals surface area contributed by atoms with E-state index in [2.05, 4.69) is 34.6 Å². The molecule has 0 amide bonds. The van der Waals surface area contributed by atoms with Gasteiger partial charge in [-0.1, -0.05) is 44.2 Å². The van der Waals surface area contributed by atoms with Crippen LogP contribution in [0.4, 0.5) is 5.95 Å². The van der Waals surface area contributed by atoms with Crippen molar-refractivity contribution in [1.29, 1.82) is 0 Å². The second kappa shape index (κ2) is 10.7. The molecule has 2 heterocycles. The van der Waals surface area contributed by atoms with Gasteiger partial charge in [0.05, 0.1) is 23.3 Å². The van der Waals surface area contributed by atoms with Crippen LogP contribution in [0.1, 0.15) is 55.7 Å². The van der Waals surface area contributed by atoms with Crippen molar-refractivity contribution in [3.8, 4) is 17.1 Å². The number of sulfonamides is 1. The second-order valence-electron chi connectivity index (χ2n) is 11.2. The van der Waals surface area contributed by atoms with E-state index in [0.29, 0.717) is 30.0 Å². The first kappa shape index (κ1) is 26.6. The van der Waals surface area contributed by atoms with Crippen LogP contribution in [0.25, 0.3) is 11.3 Å². The molecule has 1 unspecified atom stereocenters. The zero-order chi connectivity index (χ0) is 27.0. The van der Waals surface area contributed by atoms with E-state index in [9.17, 15) is 8.42 Å². The molecule has 5 rings (SSSR count). The van der Waals surface area contributed by atoms with Gasteiger partial charge in [-0.15, -0.1) is 0 Å². The number of ether oxygens (including phenoxy) is 2. The highest BCUT2D eigenvalue weighted by Crippen LogP contribution is 2.47. The number of methoxy groups -OCH3 is 1. The molecule has 3 aromatic rings. The highest BCUT2D eigenvalue weighted by Gasteiger charge is 2.40. The third-order valence-corrected chi connectivity index (χ3v) is 9.24. The summed E-state index contributed by atoms with van der Waals surface area (Å²) in [5.74, 6) is 1.56. The third kappa shape index (κ3) is 5.43. The summed E-state index contributed by atoms with van der Waals surface area (Å²) in [6.45, 7) is 8.97. The van der Waals surface area contributed by atoms with Gasteiger partial charge in [0, 0.05) is 24.7 Å². The van der Waals surface area contributed by atoms with Crippen molar-refractivity contribution in [1.82, 2.24) is 9.97 Å². The van der Waals surface area contributed by atoms with Crippen LogP contribution in [0, 0.1) is 31.6 Å². The molecular weight excluding hydrogens is 498 g/mol. The number of nitrogens with zero attached hydrogens (tertiary/aromatic N) is 2. The van der Waals surface area contributed by atoms with E-state index >= 15 is 0 Å². The lowest BCUT2D eigenvalue weighted by Crippen LogP contribution is -2.39. The predicted octanol–water partition coefficient (Wildman–Crippen LogP) is 6.12. The lowest BCUT2D eigenvalue weighted by atomic mass is 9.65. The molecule has 2 aromatic carbocycles. The molecule has 0 saturated heterocycles. The van der Waals surface area contributed by atoms with Gasteiger partial charge in [-0.05, 0) is 79.7 Å². The lowest BCUT2D eigenvalue weighted by Gasteiger charge is -2.43. The first-order valence-corrected chi connectivity index (χ1v) is 14.9. The van der Waals surface area contributed by atoms with Crippen LogP contribution < -0.4 is 9.46 Å². The quantitative estimate of drug-likeness (QED) is 0.423. The maximum Gasteiger partial charge on any atom is 0.264 e. The van der Waals surface area contributed by atoms with Crippen molar-refractivity contribution in [2.45, 2.75) is 63.9 Å². The first-order valence-electron chi connectivity index (χ1n) is 13.4. The molecule has 0 spiro atoms. The number of nitrogens with one attached hydrogen (secondary N) is 1. The number of benzene rings is 2. The minimum atomic E-state index is -3.92. The number of rotatable bonds is 5. The van der Waals surface area contributed by atoms with E-state index in [0.717, 1.165) is 41.5 Å². The van der Waals surface area contributed by atoms with E-state index < -0.39 is 10.0 Å². The Bertz CT molecular complexity index is 1400. The fraction of sp³-hybridized carbons (Fsp3) is 0.467. The van der Waals surface area contributed by atoms with Gasteiger partial charge in [-0.3, -0.25) is 0 Å². The van der Waals surface area contributed by atoms with Gasteiger partial charge < -0.3 is 9.47 Å². The van der Waals surface area contributed by atoms with Crippen molar-refractivity contribution in [2.75, 3.05) is 18.4 Å². The van der Waals surface area contributed by atoms with Gasteiger partial charge in [0.25, 0.3) is 10.0 Å². The number of hydrogen-bond acceptors (Lipinski definition) is 6. The van der Waals surface area contributed by atoms with Gasteiger partial charge in [-0.2, -0.15) is 4.98 Å². The molecule has 4 bridgehead atoms. The van der Waals surface area contributed by atoms with E-state index in [1.54, 1.807) is 13.2 Å². The fourth-order valence-electron chi connectivity index (χ4n) is 6.10. The Kier molecular flexibility index (Phi) is 7.47. The van der Waals surface area contributed by atoms with Crippen LogP contribution in [0.15, 0.2) is 53.4 Å². The van der Waals surface area contributed by atoms with Gasteiger partial charge in [0.1, 0.15) is 0 Å². The summed E-state index contributed by atoms with van der Waals surface area (Å²) in [6, 6.07) is 15.2. The highest BCUT2D eigenvalue weighted by atomic mass is 32.2. The molecular formula is C30H37N3O4S. The van der Waals surface area contributed by atoms with Gasteiger partial charge in [0.2, 0.25) is 11.8 Å². The Hall–Kier alpha value is -2.97. The minimum absolute atomic E-state index is 0.00465. The summed E-state index contributed by atoms with van der Waals surface area (Å²) in [5.41, 5.74) is 4.71. The second-order valence-corrected chi connectivity index (χ2v) is 12.9. The third-order valence-electron chi connectivity index (χ3n) is 7.92. The van der Waals surface area contributed by atoms with Gasteiger partial charge in [-0.25, -0.2) is 18.1 Å². The molecule has 7 nitrogen and oxygen atoms in total. The molecule has 0 radical (unpaired) electrons. The summed E-state index contributed by atoms with van der Waals surface area (Å²) in [7, 11) is -2.16. The van der Waals surface area contributed by atoms with E-state index in [4.69, 9.17) is 9.47 Å². The van der Waals surface area contributed by atoms with Crippen LogP contribution in [-0.4, -0.2) is 38.2 Å². The van der Waals surface area contributed by atoms with E-state index in [1.165, 1.54) is 0 Å². The summed E-state index contributed by atoms with van der Waals surface area (Å²) >= 11 is 0. The summed E-state index contributed by atoms with van der Waals surface area (Å²) in [6.07, 6.45) is 3.12. The predicted molar refractivity (Wildman–Crippen MR) is 149 cm³/mol. The first-order chi connectivity index (χ1) is 18.1. The summed E-state index contributed by atoms with van der Waals surface area (Å²) in [4.78, 5) is 9.32. The molecule has 38 heavy (non-hydrogen) atoms. The molecule has 1 fully saturated rings. The van der Waals surface area contributed by atoms with Crippen LogP contribution in [0.5, 0.6) is 5.88 Å². The zero-order valence-corrected chi connectivity index (χ0v) is 23.6. The van der Waals surface area contributed by atoms with Crippen molar-refractivity contribution in [3.05, 3.63) is 65.2 Å². The number of aromatic nitrogens is 2. The van der Waals surface area contributed by atoms with Crippen LogP contribution >= 0.6 is 0 Å². The summed E-state index contributed by atoms with van der Waals surface area (Å²) in [5, 5.41) is 0. The fourth-order valence-corrected chi connectivity index (χ4v) is 7.10. The SMILES string of the molecule is COC1CC(C2c3cccc(c3)S(=O)(=O)Nc3nc(cc(-c4c(C)cccc4C)n3)OC[C@H]2CC(C)C)C1. The number of fused-ring (bicyclic) bond motifs is 4. The number of hydrogen-bond donors (Lipinski definition) is 1. The Morgan fingerprint density at radius 1 is 1.05 bits per heavy atom. The molecule has 202 valence electrons. The average molecular weight is 536 g/mol. The van der Waals surface area contributed by atoms with E-state index in [1.807, 2.05) is 50.2 Å². The normalized spacial score (nSPS) is 24.4.